The van der Waals surface area contributed by atoms with Crippen LogP contribution in [0.3, 0.4) is 0 Å². The zero-order valence-electron chi connectivity index (χ0n) is 11.8. The molecular weight excluding hydrogens is 238 g/mol. The predicted molar refractivity (Wildman–Crippen MR) is 77.2 cm³/mol. The summed E-state index contributed by atoms with van der Waals surface area (Å²) in [4.78, 5) is 2.33. The third kappa shape index (κ3) is 3.70. The second-order valence-corrected chi connectivity index (χ2v) is 5.87. The van der Waals surface area contributed by atoms with Crippen LogP contribution in [0.2, 0.25) is 0 Å². The molecule has 0 unspecified atom stereocenters. The van der Waals surface area contributed by atoms with Crippen molar-refractivity contribution in [3.05, 3.63) is 35.4 Å². The van der Waals surface area contributed by atoms with E-state index in [4.69, 9.17) is 10.9 Å². The van der Waals surface area contributed by atoms with Crippen LogP contribution in [0.15, 0.2) is 29.4 Å². The molecule has 3 N–H and O–H groups in total. The number of rotatable bonds is 6. The monoisotopic (exact) mass is 261 g/mol. The van der Waals surface area contributed by atoms with Gasteiger partial charge in [-0.1, -0.05) is 29.4 Å². The maximum Gasteiger partial charge on any atom is 0.139 e. The van der Waals surface area contributed by atoms with Gasteiger partial charge in [0.15, 0.2) is 0 Å². The summed E-state index contributed by atoms with van der Waals surface area (Å²) in [6, 6.07) is 8.47. The lowest BCUT2D eigenvalue weighted by atomic mass is 10.0. The average molecular weight is 261 g/mol. The Morgan fingerprint density at radius 2 is 2.11 bits per heavy atom. The van der Waals surface area contributed by atoms with E-state index in [0.717, 1.165) is 13.1 Å². The fraction of sp³-hybridized carbons (Fsp3) is 0.533. The van der Waals surface area contributed by atoms with Crippen LogP contribution in [0.5, 0.6) is 0 Å². The molecule has 0 bridgehead atoms. The van der Waals surface area contributed by atoms with E-state index in [2.05, 4.69) is 48.3 Å². The van der Waals surface area contributed by atoms with E-state index in [1.807, 2.05) is 0 Å². The Morgan fingerprint density at radius 3 is 2.68 bits per heavy atom. The normalized spacial score (nSPS) is 17.7. The zero-order chi connectivity index (χ0) is 13.9. The van der Waals surface area contributed by atoms with Crippen molar-refractivity contribution in [3.63, 3.8) is 0 Å². The first kappa shape index (κ1) is 13.9. The van der Waals surface area contributed by atoms with Gasteiger partial charge >= 0.3 is 0 Å². The van der Waals surface area contributed by atoms with Gasteiger partial charge in [-0.2, -0.15) is 0 Å². The lowest BCUT2D eigenvalue weighted by molar-refractivity contribution is 0.256. The summed E-state index contributed by atoms with van der Waals surface area (Å²) in [6.07, 6.45) is 3.03. The van der Waals surface area contributed by atoms with E-state index in [1.165, 1.54) is 24.0 Å². The third-order valence-electron chi connectivity index (χ3n) is 3.95. The van der Waals surface area contributed by atoms with Crippen molar-refractivity contribution in [3.8, 4) is 0 Å². The van der Waals surface area contributed by atoms with E-state index in [1.54, 1.807) is 0 Å². The number of nitrogens with two attached hydrogens (primary N) is 1. The lowest BCUT2D eigenvalue weighted by Gasteiger charge is -2.24. The lowest BCUT2D eigenvalue weighted by Crippen LogP contribution is -2.30. The molecule has 4 nitrogen and oxygen atoms in total. The van der Waals surface area contributed by atoms with Gasteiger partial charge in [0, 0.05) is 19.5 Å². The highest BCUT2D eigenvalue weighted by Crippen LogP contribution is 2.49. The van der Waals surface area contributed by atoms with Crippen LogP contribution in [-0.4, -0.2) is 29.5 Å². The molecule has 0 atom stereocenters. The maximum atomic E-state index is 8.68. The van der Waals surface area contributed by atoms with Crippen molar-refractivity contribution in [2.75, 3.05) is 13.6 Å². The van der Waals surface area contributed by atoms with Crippen LogP contribution in [0.25, 0.3) is 0 Å². The van der Waals surface area contributed by atoms with Gasteiger partial charge in [-0.15, -0.1) is 0 Å². The molecule has 1 aliphatic carbocycles. The number of benzene rings is 1. The first-order valence-electron chi connectivity index (χ1n) is 6.74. The summed E-state index contributed by atoms with van der Waals surface area (Å²) < 4.78 is 0. The summed E-state index contributed by atoms with van der Waals surface area (Å²) in [5.74, 6) is 0.349. The fourth-order valence-electron chi connectivity index (χ4n) is 2.69. The van der Waals surface area contributed by atoms with Gasteiger partial charge in [-0.25, -0.2) is 0 Å². The molecule has 4 heteroatoms. The molecule has 0 aromatic heterocycles. The van der Waals surface area contributed by atoms with Crippen LogP contribution >= 0.6 is 0 Å². The molecule has 2 rings (SSSR count). The molecule has 0 amide bonds. The second-order valence-electron chi connectivity index (χ2n) is 5.87. The van der Waals surface area contributed by atoms with Crippen LogP contribution in [0.4, 0.5) is 0 Å². The Morgan fingerprint density at radius 1 is 1.42 bits per heavy atom. The highest BCUT2D eigenvalue weighted by Gasteiger charge is 2.43. The van der Waals surface area contributed by atoms with E-state index < -0.39 is 0 Å². The zero-order valence-corrected chi connectivity index (χ0v) is 11.8. The quantitative estimate of drug-likeness (QED) is 0.357. The van der Waals surface area contributed by atoms with Crippen LogP contribution in [0.1, 0.15) is 30.4 Å². The number of aryl methyl sites for hydroxylation is 1. The molecule has 0 heterocycles. The highest BCUT2D eigenvalue weighted by atomic mass is 16.4. The van der Waals surface area contributed by atoms with Crippen LogP contribution in [0, 0.1) is 12.3 Å². The molecular formula is C15H23N3O. The number of hydrogen-bond acceptors (Lipinski definition) is 3. The first-order valence-corrected chi connectivity index (χ1v) is 6.74. The van der Waals surface area contributed by atoms with E-state index >= 15 is 0 Å². The molecule has 104 valence electrons. The molecule has 0 saturated heterocycles. The summed E-state index contributed by atoms with van der Waals surface area (Å²) in [7, 11) is 2.14. The van der Waals surface area contributed by atoms with Crippen molar-refractivity contribution in [1.29, 1.82) is 0 Å². The maximum absolute atomic E-state index is 8.68. The van der Waals surface area contributed by atoms with Crippen molar-refractivity contribution in [2.24, 2.45) is 16.3 Å². The third-order valence-corrected chi connectivity index (χ3v) is 3.95. The number of amidine groups is 1. The Bertz CT molecular complexity index is 466. The van der Waals surface area contributed by atoms with E-state index in [9.17, 15) is 0 Å². The molecule has 1 aromatic rings. The Balaban J connectivity index is 1.91. The van der Waals surface area contributed by atoms with Gasteiger partial charge in [0.2, 0.25) is 0 Å². The van der Waals surface area contributed by atoms with Crippen LogP contribution in [-0.2, 0) is 6.54 Å². The van der Waals surface area contributed by atoms with Crippen molar-refractivity contribution < 1.29 is 5.21 Å². The van der Waals surface area contributed by atoms with E-state index in [-0.39, 0.29) is 5.41 Å². The highest BCUT2D eigenvalue weighted by molar-refractivity contribution is 5.80. The molecule has 0 radical (unpaired) electrons. The van der Waals surface area contributed by atoms with Gasteiger partial charge in [0.25, 0.3) is 0 Å². The summed E-state index contributed by atoms with van der Waals surface area (Å²) in [6.45, 7) is 4.09. The van der Waals surface area contributed by atoms with Gasteiger partial charge in [-0.05, 0) is 43.4 Å². The summed E-state index contributed by atoms with van der Waals surface area (Å²) in [5, 5.41) is 11.8. The predicted octanol–water partition coefficient (Wildman–Crippen LogP) is 2.34. The van der Waals surface area contributed by atoms with E-state index in [0.29, 0.717) is 12.3 Å². The van der Waals surface area contributed by atoms with Crippen molar-refractivity contribution in [1.82, 2.24) is 4.90 Å². The Hall–Kier alpha value is -1.55. The number of oxime groups is 1. The van der Waals surface area contributed by atoms with Crippen molar-refractivity contribution in [2.45, 2.75) is 32.7 Å². The molecule has 1 aromatic carbocycles. The fourth-order valence-corrected chi connectivity index (χ4v) is 2.69. The van der Waals surface area contributed by atoms with Crippen LogP contribution < -0.4 is 5.73 Å². The van der Waals surface area contributed by atoms with Gasteiger partial charge in [-0.3, -0.25) is 0 Å². The SMILES string of the molecule is Cc1ccccc1CN(C)CC1(CC(N)=NO)CC1. The molecule has 1 saturated carbocycles. The minimum Gasteiger partial charge on any atom is -0.409 e. The number of nitrogens with zero attached hydrogens (tertiary/aromatic N) is 2. The molecule has 19 heavy (non-hydrogen) atoms. The second kappa shape index (κ2) is 5.61. The first-order chi connectivity index (χ1) is 9.04. The summed E-state index contributed by atoms with van der Waals surface area (Å²) >= 11 is 0. The standard InChI is InChI=1S/C15H23N3O/c1-12-5-3-4-6-13(12)10-18(2)11-15(7-8-15)9-14(16)17-19/h3-6,19H,7-11H2,1-2H3,(H2,16,17). The van der Waals surface area contributed by atoms with Gasteiger partial charge in [0.1, 0.15) is 5.84 Å². The topological polar surface area (TPSA) is 61.8 Å². The molecule has 0 aliphatic heterocycles. The van der Waals surface area contributed by atoms with Crippen molar-refractivity contribution >= 4 is 5.84 Å². The Kier molecular flexibility index (Phi) is 4.10. The molecule has 0 spiro atoms. The minimum absolute atomic E-state index is 0.230. The average Bonchev–Trinajstić information content (AvgIpc) is 3.11. The largest absolute Gasteiger partial charge is 0.409 e. The molecule has 1 aliphatic rings. The minimum atomic E-state index is 0.230. The van der Waals surface area contributed by atoms with Gasteiger partial charge < -0.3 is 15.8 Å². The van der Waals surface area contributed by atoms with Gasteiger partial charge in [0.05, 0.1) is 0 Å². The number of hydrogen-bond donors (Lipinski definition) is 2. The Labute approximate surface area is 114 Å². The molecule has 1 fully saturated rings. The smallest absolute Gasteiger partial charge is 0.139 e. The summed E-state index contributed by atoms with van der Waals surface area (Å²) in [5.41, 5.74) is 8.56.